The van der Waals surface area contributed by atoms with Gasteiger partial charge in [-0.3, -0.25) is 4.57 Å². The first-order chi connectivity index (χ1) is 9.97. The summed E-state index contributed by atoms with van der Waals surface area (Å²) in [6.45, 7) is 5.74. The van der Waals surface area contributed by atoms with Crippen LogP contribution in [0.2, 0.25) is 0 Å². The van der Waals surface area contributed by atoms with Gasteiger partial charge in [0.25, 0.3) is 0 Å². The molecule has 1 aromatic carbocycles. The Morgan fingerprint density at radius 1 is 1.29 bits per heavy atom. The van der Waals surface area contributed by atoms with Crippen molar-refractivity contribution >= 4 is 23.4 Å². The van der Waals surface area contributed by atoms with Crippen LogP contribution < -0.4 is 0 Å². The molecule has 2 aromatic heterocycles. The highest BCUT2D eigenvalue weighted by Gasteiger charge is 2.15. The largest absolute Gasteiger partial charge is 0.329 e. The van der Waals surface area contributed by atoms with Crippen LogP contribution in [0.4, 0.5) is 4.39 Å². The molecule has 0 saturated heterocycles. The van der Waals surface area contributed by atoms with Gasteiger partial charge < -0.3 is 4.98 Å². The molecule has 2 heterocycles. The number of benzene rings is 1. The number of nitrogens with one attached hydrogen (secondary N) is 1. The maximum absolute atomic E-state index is 13.8. The summed E-state index contributed by atoms with van der Waals surface area (Å²) >= 11 is 5.40. The minimum Gasteiger partial charge on any atom is -0.329 e. The van der Waals surface area contributed by atoms with E-state index in [1.165, 1.54) is 0 Å². The van der Waals surface area contributed by atoms with Crippen LogP contribution in [0.1, 0.15) is 29.7 Å². The van der Waals surface area contributed by atoms with Crippen molar-refractivity contribution < 1.29 is 4.39 Å². The van der Waals surface area contributed by atoms with Crippen LogP contribution in [0.15, 0.2) is 30.5 Å². The zero-order valence-corrected chi connectivity index (χ0v) is 13.0. The van der Waals surface area contributed by atoms with E-state index >= 15 is 0 Å². The van der Waals surface area contributed by atoms with Crippen LogP contribution >= 0.6 is 12.2 Å². The second-order valence-corrected chi connectivity index (χ2v) is 5.76. The number of rotatable bonds is 2. The van der Waals surface area contributed by atoms with Crippen molar-refractivity contribution in [3.8, 4) is 0 Å². The molecule has 108 valence electrons. The zero-order valence-electron chi connectivity index (χ0n) is 12.1. The predicted molar refractivity (Wildman–Crippen MR) is 84.6 cm³/mol. The molecule has 0 aliphatic heterocycles. The molecule has 0 aliphatic carbocycles. The summed E-state index contributed by atoms with van der Waals surface area (Å²) < 4.78 is 16.3. The van der Waals surface area contributed by atoms with Crippen molar-refractivity contribution in [3.05, 3.63) is 57.7 Å². The van der Waals surface area contributed by atoms with Gasteiger partial charge in [-0.2, -0.15) is 0 Å². The highest BCUT2D eigenvalue weighted by molar-refractivity contribution is 7.71. The SMILES string of the molecule is Cc1cnc2c(c1)[nH]c(=S)n2C(C)c1ccc(C)c(F)c1. The Hall–Kier alpha value is -2.01. The number of halogens is 1. The zero-order chi connectivity index (χ0) is 15.1. The summed E-state index contributed by atoms with van der Waals surface area (Å²) in [4.78, 5) is 7.63. The third kappa shape index (κ3) is 2.38. The lowest BCUT2D eigenvalue weighted by Gasteiger charge is -2.15. The van der Waals surface area contributed by atoms with Gasteiger partial charge in [0.1, 0.15) is 5.82 Å². The summed E-state index contributed by atoms with van der Waals surface area (Å²) in [6, 6.07) is 7.21. The van der Waals surface area contributed by atoms with Gasteiger partial charge >= 0.3 is 0 Å². The highest BCUT2D eigenvalue weighted by Crippen LogP contribution is 2.25. The number of aromatic amines is 1. The molecule has 3 aromatic rings. The van der Waals surface area contributed by atoms with Crippen LogP contribution in [-0.4, -0.2) is 14.5 Å². The molecule has 21 heavy (non-hydrogen) atoms. The molecule has 1 N–H and O–H groups in total. The second-order valence-electron chi connectivity index (χ2n) is 5.37. The number of nitrogens with zero attached hydrogens (tertiary/aromatic N) is 2. The molecule has 1 unspecified atom stereocenters. The van der Waals surface area contributed by atoms with E-state index in [4.69, 9.17) is 12.2 Å². The number of imidazole rings is 1. The molecule has 0 amide bonds. The molecule has 0 fully saturated rings. The lowest BCUT2D eigenvalue weighted by molar-refractivity contribution is 0.599. The minimum absolute atomic E-state index is 0.0865. The van der Waals surface area contributed by atoms with Gasteiger partial charge in [-0.05, 0) is 61.8 Å². The molecule has 3 nitrogen and oxygen atoms in total. The predicted octanol–water partition coefficient (Wildman–Crippen LogP) is 4.46. The van der Waals surface area contributed by atoms with E-state index in [-0.39, 0.29) is 11.9 Å². The molecule has 3 rings (SSSR count). The first kappa shape index (κ1) is 13.9. The van der Waals surface area contributed by atoms with E-state index < -0.39 is 0 Å². The van der Waals surface area contributed by atoms with Crippen molar-refractivity contribution in [1.29, 1.82) is 0 Å². The van der Waals surface area contributed by atoms with Gasteiger partial charge in [-0.15, -0.1) is 0 Å². The Balaban J connectivity index is 2.17. The maximum Gasteiger partial charge on any atom is 0.179 e. The highest BCUT2D eigenvalue weighted by atomic mass is 32.1. The Kier molecular flexibility index (Phi) is 3.37. The Labute approximate surface area is 127 Å². The molecule has 0 saturated carbocycles. The first-order valence-electron chi connectivity index (χ1n) is 6.80. The fraction of sp³-hybridized carbons (Fsp3) is 0.250. The number of fused-ring (bicyclic) bond motifs is 1. The van der Waals surface area contributed by atoms with Crippen LogP contribution in [0, 0.1) is 24.4 Å². The van der Waals surface area contributed by atoms with Crippen molar-refractivity contribution in [1.82, 2.24) is 14.5 Å². The minimum atomic E-state index is -0.200. The van der Waals surface area contributed by atoms with Gasteiger partial charge in [0, 0.05) is 6.20 Å². The number of H-pyrrole nitrogens is 1. The average Bonchev–Trinajstić information content (AvgIpc) is 2.76. The van der Waals surface area contributed by atoms with E-state index in [1.807, 2.05) is 36.7 Å². The molecular weight excluding hydrogens is 285 g/mol. The van der Waals surface area contributed by atoms with Gasteiger partial charge in [0.2, 0.25) is 0 Å². The Bertz CT molecular complexity index is 879. The number of aromatic nitrogens is 3. The first-order valence-corrected chi connectivity index (χ1v) is 7.21. The third-order valence-corrected chi connectivity index (χ3v) is 4.06. The molecule has 5 heteroatoms. The normalized spacial score (nSPS) is 12.8. The number of pyridine rings is 1. The summed E-state index contributed by atoms with van der Waals surface area (Å²) in [5.74, 6) is -0.200. The third-order valence-electron chi connectivity index (χ3n) is 3.76. The van der Waals surface area contributed by atoms with Crippen LogP contribution in [-0.2, 0) is 0 Å². The van der Waals surface area contributed by atoms with Crippen LogP contribution in [0.5, 0.6) is 0 Å². The summed E-state index contributed by atoms with van der Waals surface area (Å²) in [5, 5.41) is 0. The van der Waals surface area contributed by atoms with Crippen LogP contribution in [0.25, 0.3) is 11.2 Å². The van der Waals surface area contributed by atoms with Crippen molar-refractivity contribution in [2.45, 2.75) is 26.8 Å². The molecular formula is C16H16FN3S. The van der Waals surface area contributed by atoms with Gasteiger partial charge in [-0.1, -0.05) is 12.1 Å². The number of aryl methyl sites for hydroxylation is 2. The van der Waals surface area contributed by atoms with Gasteiger partial charge in [0.15, 0.2) is 10.4 Å². The fourth-order valence-corrected chi connectivity index (χ4v) is 2.85. The van der Waals surface area contributed by atoms with Crippen LogP contribution in [0.3, 0.4) is 0 Å². The molecule has 1 atom stereocenters. The Morgan fingerprint density at radius 3 is 2.76 bits per heavy atom. The molecule has 0 radical (unpaired) electrons. The summed E-state index contributed by atoms with van der Waals surface area (Å²) in [5.41, 5.74) is 4.28. The maximum atomic E-state index is 13.8. The van der Waals surface area contributed by atoms with Crippen molar-refractivity contribution in [2.24, 2.45) is 0 Å². The van der Waals surface area contributed by atoms with Crippen molar-refractivity contribution in [3.63, 3.8) is 0 Å². The van der Waals surface area contributed by atoms with E-state index in [0.717, 1.165) is 22.3 Å². The monoisotopic (exact) mass is 301 g/mol. The molecule has 0 spiro atoms. The topological polar surface area (TPSA) is 33.6 Å². The van der Waals surface area contributed by atoms with Gasteiger partial charge in [-0.25, -0.2) is 9.37 Å². The quantitative estimate of drug-likeness (QED) is 0.709. The van der Waals surface area contributed by atoms with E-state index in [0.29, 0.717) is 10.3 Å². The summed E-state index contributed by atoms with van der Waals surface area (Å²) in [7, 11) is 0. The second kappa shape index (κ2) is 5.07. The standard InChI is InChI=1S/C16H16FN3S/c1-9-6-14-15(18-8-9)20(16(21)19-14)11(3)12-5-4-10(2)13(17)7-12/h4-8,11H,1-3H3,(H,19,21). The van der Waals surface area contributed by atoms with E-state index in [1.54, 1.807) is 19.1 Å². The molecule has 0 aliphatic rings. The van der Waals surface area contributed by atoms with Gasteiger partial charge in [0.05, 0.1) is 11.6 Å². The lowest BCUT2D eigenvalue weighted by atomic mass is 10.1. The number of hydrogen-bond donors (Lipinski definition) is 1. The number of hydrogen-bond acceptors (Lipinski definition) is 2. The van der Waals surface area contributed by atoms with E-state index in [9.17, 15) is 4.39 Å². The lowest BCUT2D eigenvalue weighted by Crippen LogP contribution is -2.08. The summed E-state index contributed by atoms with van der Waals surface area (Å²) in [6.07, 6.45) is 1.81. The molecule has 0 bridgehead atoms. The van der Waals surface area contributed by atoms with Crippen molar-refractivity contribution in [2.75, 3.05) is 0 Å². The average molecular weight is 301 g/mol. The van der Waals surface area contributed by atoms with E-state index in [2.05, 4.69) is 9.97 Å². The smallest absolute Gasteiger partial charge is 0.179 e. The Morgan fingerprint density at radius 2 is 2.05 bits per heavy atom. The fourth-order valence-electron chi connectivity index (χ4n) is 2.49.